The maximum absolute atomic E-state index is 9.84. The number of hydrogen-bond acceptors (Lipinski definition) is 6. The molecule has 1 unspecified atom stereocenters. The predicted octanol–water partition coefficient (Wildman–Crippen LogP) is 2.33. The summed E-state index contributed by atoms with van der Waals surface area (Å²) in [5.41, 5.74) is 1.30. The van der Waals surface area contributed by atoms with Gasteiger partial charge in [0, 0.05) is 25.8 Å². The molecule has 8 heteroatoms. The number of aliphatic hydroxyl groups excluding tert-OH is 1. The molecule has 1 fully saturated rings. The standard InChI is InChI=1S/C20H33NO3.C2H2O4/c1-16(2)21-13-19(22)15-24-20-10-8-17(9-11-20)7-4-12-23-14-18-5-3-6-18;3-1(4)2(5)6/h8-11,16,18-19,21-22H,3-7,12-15H2,1-2H3;(H,3,4)(H,5,6). The number of aliphatic carboxylic acids is 2. The van der Waals surface area contributed by atoms with E-state index in [9.17, 15) is 5.11 Å². The lowest BCUT2D eigenvalue weighted by atomic mass is 9.86. The minimum atomic E-state index is -1.82. The highest BCUT2D eigenvalue weighted by molar-refractivity contribution is 6.27. The Labute approximate surface area is 178 Å². The van der Waals surface area contributed by atoms with Gasteiger partial charge in [0.1, 0.15) is 18.5 Å². The minimum Gasteiger partial charge on any atom is -0.491 e. The SMILES string of the molecule is CC(C)NCC(O)COc1ccc(CCCOCC2CCC2)cc1.O=C(O)C(=O)O. The number of rotatable bonds is 12. The number of carbonyl (C=O) groups is 2. The fourth-order valence-corrected chi connectivity index (χ4v) is 2.66. The molecule has 30 heavy (non-hydrogen) atoms. The Bertz CT molecular complexity index is 602. The molecule has 0 saturated heterocycles. The van der Waals surface area contributed by atoms with E-state index < -0.39 is 18.0 Å². The van der Waals surface area contributed by atoms with Gasteiger partial charge in [-0.25, -0.2) is 9.59 Å². The minimum absolute atomic E-state index is 0.314. The van der Waals surface area contributed by atoms with Gasteiger partial charge in [0.05, 0.1) is 0 Å². The summed E-state index contributed by atoms with van der Waals surface area (Å²) in [7, 11) is 0. The maximum atomic E-state index is 9.84. The lowest BCUT2D eigenvalue weighted by Gasteiger charge is -2.24. The first kappa shape index (κ1) is 25.9. The molecule has 0 aromatic heterocycles. The van der Waals surface area contributed by atoms with E-state index in [1.165, 1.54) is 24.8 Å². The second-order valence-corrected chi connectivity index (χ2v) is 7.76. The number of benzene rings is 1. The third kappa shape index (κ3) is 12.4. The molecule has 1 aliphatic rings. The second-order valence-electron chi connectivity index (χ2n) is 7.76. The van der Waals surface area contributed by atoms with E-state index in [1.807, 2.05) is 12.1 Å². The Balaban J connectivity index is 0.000000656. The van der Waals surface area contributed by atoms with Gasteiger partial charge >= 0.3 is 11.9 Å². The molecule has 2 rings (SSSR count). The van der Waals surface area contributed by atoms with Crippen molar-refractivity contribution >= 4 is 11.9 Å². The van der Waals surface area contributed by atoms with Crippen molar-refractivity contribution in [1.29, 1.82) is 0 Å². The number of aryl methyl sites for hydroxylation is 1. The van der Waals surface area contributed by atoms with Crippen LogP contribution in [0, 0.1) is 5.92 Å². The highest BCUT2D eigenvalue weighted by atomic mass is 16.5. The van der Waals surface area contributed by atoms with Crippen LogP contribution in [-0.4, -0.2) is 65.8 Å². The van der Waals surface area contributed by atoms with Crippen molar-refractivity contribution in [2.75, 3.05) is 26.4 Å². The van der Waals surface area contributed by atoms with Crippen LogP contribution in [0.2, 0.25) is 0 Å². The van der Waals surface area contributed by atoms with Gasteiger partial charge in [0.25, 0.3) is 0 Å². The number of nitrogens with one attached hydrogen (secondary N) is 1. The van der Waals surface area contributed by atoms with E-state index in [4.69, 9.17) is 29.3 Å². The monoisotopic (exact) mass is 425 g/mol. The maximum Gasteiger partial charge on any atom is 0.414 e. The second kappa shape index (κ2) is 14.8. The van der Waals surface area contributed by atoms with Crippen molar-refractivity contribution in [3.63, 3.8) is 0 Å². The zero-order valence-corrected chi connectivity index (χ0v) is 17.9. The van der Waals surface area contributed by atoms with Gasteiger partial charge in [-0.3, -0.25) is 0 Å². The zero-order chi connectivity index (χ0) is 22.4. The number of ether oxygens (including phenoxy) is 2. The van der Waals surface area contributed by atoms with Crippen molar-refractivity contribution in [2.24, 2.45) is 5.92 Å². The van der Waals surface area contributed by atoms with Crippen molar-refractivity contribution < 1.29 is 34.4 Å². The molecule has 0 aliphatic heterocycles. The van der Waals surface area contributed by atoms with Gasteiger partial charge in [-0.2, -0.15) is 0 Å². The summed E-state index contributed by atoms with van der Waals surface area (Å²) in [6, 6.07) is 8.52. The largest absolute Gasteiger partial charge is 0.491 e. The topological polar surface area (TPSA) is 125 Å². The van der Waals surface area contributed by atoms with Crippen LogP contribution < -0.4 is 10.1 Å². The number of carboxylic acid groups (broad SMARTS) is 2. The number of aliphatic hydroxyl groups is 1. The van der Waals surface area contributed by atoms with E-state index in [0.29, 0.717) is 19.2 Å². The summed E-state index contributed by atoms with van der Waals surface area (Å²) in [6.07, 6.45) is 5.69. The molecule has 1 aliphatic carbocycles. The van der Waals surface area contributed by atoms with Gasteiger partial charge in [0.15, 0.2) is 0 Å². The molecule has 0 amide bonds. The van der Waals surface area contributed by atoms with Gasteiger partial charge < -0.3 is 30.1 Å². The van der Waals surface area contributed by atoms with E-state index in [1.54, 1.807) is 0 Å². The number of carboxylic acids is 2. The highest BCUT2D eigenvalue weighted by Crippen LogP contribution is 2.26. The zero-order valence-electron chi connectivity index (χ0n) is 17.9. The van der Waals surface area contributed by atoms with Crippen LogP contribution in [0.4, 0.5) is 0 Å². The molecular formula is C22H35NO7. The summed E-state index contributed by atoms with van der Waals surface area (Å²) < 4.78 is 11.4. The smallest absolute Gasteiger partial charge is 0.414 e. The highest BCUT2D eigenvalue weighted by Gasteiger charge is 2.16. The summed E-state index contributed by atoms with van der Waals surface area (Å²) in [4.78, 5) is 18.2. The van der Waals surface area contributed by atoms with E-state index >= 15 is 0 Å². The van der Waals surface area contributed by atoms with Gasteiger partial charge in [-0.05, 0) is 49.3 Å². The molecule has 170 valence electrons. The van der Waals surface area contributed by atoms with Crippen molar-refractivity contribution in [3.8, 4) is 5.75 Å². The summed E-state index contributed by atoms with van der Waals surface area (Å²) in [5, 5.41) is 27.8. The van der Waals surface area contributed by atoms with Gasteiger partial charge in [-0.1, -0.05) is 32.4 Å². The van der Waals surface area contributed by atoms with Crippen molar-refractivity contribution in [1.82, 2.24) is 5.32 Å². The van der Waals surface area contributed by atoms with Crippen LogP contribution >= 0.6 is 0 Å². The Morgan fingerprint density at radius 1 is 1.13 bits per heavy atom. The van der Waals surface area contributed by atoms with Crippen molar-refractivity contribution in [3.05, 3.63) is 29.8 Å². The molecule has 1 aromatic rings. The van der Waals surface area contributed by atoms with Crippen LogP contribution in [0.5, 0.6) is 5.75 Å². The Hall–Kier alpha value is -2.16. The molecule has 1 aromatic carbocycles. The van der Waals surface area contributed by atoms with Crippen LogP contribution in [0.3, 0.4) is 0 Å². The van der Waals surface area contributed by atoms with E-state index in [0.717, 1.165) is 37.7 Å². The third-order valence-corrected chi connectivity index (χ3v) is 4.64. The third-order valence-electron chi connectivity index (χ3n) is 4.64. The molecule has 4 N–H and O–H groups in total. The molecule has 0 spiro atoms. The molecule has 1 saturated carbocycles. The number of hydrogen-bond donors (Lipinski definition) is 4. The van der Waals surface area contributed by atoms with Crippen LogP contribution in [0.25, 0.3) is 0 Å². The lowest BCUT2D eigenvalue weighted by Crippen LogP contribution is -2.35. The Morgan fingerprint density at radius 3 is 2.27 bits per heavy atom. The molecule has 8 nitrogen and oxygen atoms in total. The average Bonchev–Trinajstić information content (AvgIpc) is 2.67. The molecule has 0 radical (unpaired) electrons. The normalized spacial score (nSPS) is 14.4. The summed E-state index contributed by atoms with van der Waals surface area (Å²) in [6.45, 7) is 6.78. The Kier molecular flexibility index (Phi) is 12.7. The first-order valence-electron chi connectivity index (χ1n) is 10.4. The first-order chi connectivity index (χ1) is 14.3. The van der Waals surface area contributed by atoms with Gasteiger partial charge in [0.2, 0.25) is 0 Å². The molecule has 1 atom stereocenters. The quantitative estimate of drug-likeness (QED) is 0.297. The van der Waals surface area contributed by atoms with E-state index in [-0.39, 0.29) is 0 Å². The average molecular weight is 426 g/mol. The fourth-order valence-electron chi connectivity index (χ4n) is 2.66. The van der Waals surface area contributed by atoms with Crippen LogP contribution in [0.1, 0.15) is 45.1 Å². The predicted molar refractivity (Wildman–Crippen MR) is 113 cm³/mol. The molecule has 0 heterocycles. The first-order valence-corrected chi connectivity index (χ1v) is 10.4. The van der Waals surface area contributed by atoms with Crippen molar-refractivity contribution in [2.45, 2.75) is 58.1 Å². The molecular weight excluding hydrogens is 390 g/mol. The van der Waals surface area contributed by atoms with E-state index in [2.05, 4.69) is 31.3 Å². The summed E-state index contributed by atoms with van der Waals surface area (Å²) in [5.74, 6) is -2.01. The van der Waals surface area contributed by atoms with Crippen LogP contribution in [-0.2, 0) is 20.7 Å². The Morgan fingerprint density at radius 2 is 1.77 bits per heavy atom. The fraction of sp³-hybridized carbons (Fsp3) is 0.636. The summed E-state index contributed by atoms with van der Waals surface area (Å²) >= 11 is 0. The lowest BCUT2D eigenvalue weighted by molar-refractivity contribution is -0.159. The van der Waals surface area contributed by atoms with Crippen LogP contribution in [0.15, 0.2) is 24.3 Å². The molecule has 0 bridgehead atoms. The van der Waals surface area contributed by atoms with Gasteiger partial charge in [-0.15, -0.1) is 0 Å².